The van der Waals surface area contributed by atoms with E-state index in [9.17, 15) is 8.42 Å². The molecule has 0 unspecified atom stereocenters. The predicted octanol–water partition coefficient (Wildman–Crippen LogP) is 3.56. The third-order valence-electron chi connectivity index (χ3n) is 3.56. The van der Waals surface area contributed by atoms with Gasteiger partial charge in [0.15, 0.2) is 0 Å². The Bertz CT molecular complexity index is 756. The summed E-state index contributed by atoms with van der Waals surface area (Å²) in [5, 5.41) is 0. The molecule has 2 rings (SSSR count). The second kappa shape index (κ2) is 7.94. The number of allylic oxidation sites excluding steroid dienone is 1. The Labute approximate surface area is 138 Å². The Morgan fingerprint density at radius 3 is 2.52 bits per heavy atom. The molecule has 2 aromatic rings. The van der Waals surface area contributed by atoms with Crippen molar-refractivity contribution in [1.82, 2.24) is 4.72 Å². The minimum Gasteiger partial charge on any atom is -0.271 e. The van der Waals surface area contributed by atoms with Crippen LogP contribution in [0, 0.1) is 6.92 Å². The first-order chi connectivity index (χ1) is 11.0. The van der Waals surface area contributed by atoms with Gasteiger partial charge in [-0.3, -0.25) is 4.72 Å². The lowest BCUT2D eigenvalue weighted by Crippen LogP contribution is -2.30. The lowest BCUT2D eigenvalue weighted by atomic mass is 10.0. The SMILES string of the molecule is C=CCCc1c(C)cccc1NS(=O)(=O)NCc1ccccc1. The zero-order valence-corrected chi connectivity index (χ0v) is 14.1. The van der Waals surface area contributed by atoms with Crippen molar-refractivity contribution in [2.24, 2.45) is 0 Å². The van der Waals surface area contributed by atoms with Crippen LogP contribution in [0.4, 0.5) is 5.69 Å². The lowest BCUT2D eigenvalue weighted by molar-refractivity contribution is 0.587. The van der Waals surface area contributed by atoms with Crippen LogP contribution in [0.25, 0.3) is 0 Å². The van der Waals surface area contributed by atoms with Gasteiger partial charge in [0, 0.05) is 6.54 Å². The molecule has 5 heteroatoms. The zero-order chi connectivity index (χ0) is 16.7. The predicted molar refractivity (Wildman–Crippen MR) is 95.5 cm³/mol. The van der Waals surface area contributed by atoms with Gasteiger partial charge in [0.05, 0.1) is 5.69 Å². The van der Waals surface area contributed by atoms with Gasteiger partial charge in [0.1, 0.15) is 0 Å². The van der Waals surface area contributed by atoms with Crippen molar-refractivity contribution in [3.05, 3.63) is 77.9 Å². The Morgan fingerprint density at radius 2 is 1.83 bits per heavy atom. The number of hydrogen-bond acceptors (Lipinski definition) is 2. The summed E-state index contributed by atoms with van der Waals surface area (Å²) >= 11 is 0. The van der Waals surface area contributed by atoms with Crippen LogP contribution in [0.1, 0.15) is 23.1 Å². The van der Waals surface area contributed by atoms with Crippen LogP contribution in [0.15, 0.2) is 61.2 Å². The maximum absolute atomic E-state index is 12.3. The number of anilines is 1. The summed E-state index contributed by atoms with van der Waals surface area (Å²) in [4.78, 5) is 0. The minimum absolute atomic E-state index is 0.254. The van der Waals surface area contributed by atoms with E-state index in [1.165, 1.54) is 0 Å². The number of nitrogens with one attached hydrogen (secondary N) is 2. The molecule has 0 aliphatic carbocycles. The molecule has 122 valence electrons. The first kappa shape index (κ1) is 17.2. The lowest BCUT2D eigenvalue weighted by Gasteiger charge is -2.15. The second-order valence-electron chi connectivity index (χ2n) is 5.34. The molecule has 0 aliphatic heterocycles. The normalized spacial score (nSPS) is 11.2. The summed E-state index contributed by atoms with van der Waals surface area (Å²) in [5.41, 5.74) is 3.59. The van der Waals surface area contributed by atoms with E-state index >= 15 is 0 Å². The molecule has 2 N–H and O–H groups in total. The number of aryl methyl sites for hydroxylation is 1. The summed E-state index contributed by atoms with van der Waals surface area (Å²) < 4.78 is 29.7. The molecule has 0 saturated carbocycles. The zero-order valence-electron chi connectivity index (χ0n) is 13.2. The summed E-state index contributed by atoms with van der Waals surface area (Å²) in [6.07, 6.45) is 3.39. The number of rotatable bonds is 8. The van der Waals surface area contributed by atoms with Crippen molar-refractivity contribution in [2.45, 2.75) is 26.3 Å². The molecule has 0 spiro atoms. The third-order valence-corrected chi connectivity index (χ3v) is 4.58. The summed E-state index contributed by atoms with van der Waals surface area (Å²) in [6.45, 7) is 5.96. The number of hydrogen-bond donors (Lipinski definition) is 2. The molecule has 0 aliphatic rings. The van der Waals surface area contributed by atoms with Crippen molar-refractivity contribution in [3.8, 4) is 0 Å². The highest BCUT2D eigenvalue weighted by atomic mass is 32.2. The van der Waals surface area contributed by atoms with E-state index in [4.69, 9.17) is 0 Å². The number of benzene rings is 2. The Hall–Kier alpha value is -2.11. The fraction of sp³-hybridized carbons (Fsp3) is 0.222. The molecule has 2 aromatic carbocycles. The largest absolute Gasteiger partial charge is 0.299 e. The Balaban J connectivity index is 2.10. The molecule has 0 aromatic heterocycles. The highest BCUT2D eigenvalue weighted by Crippen LogP contribution is 2.22. The van der Waals surface area contributed by atoms with Crippen molar-refractivity contribution in [3.63, 3.8) is 0 Å². The van der Waals surface area contributed by atoms with E-state index in [1.54, 1.807) is 6.07 Å². The van der Waals surface area contributed by atoms with E-state index in [-0.39, 0.29) is 6.54 Å². The van der Waals surface area contributed by atoms with Gasteiger partial charge in [-0.25, -0.2) is 0 Å². The highest BCUT2D eigenvalue weighted by molar-refractivity contribution is 7.90. The first-order valence-electron chi connectivity index (χ1n) is 7.52. The van der Waals surface area contributed by atoms with Crippen LogP contribution in [0.5, 0.6) is 0 Å². The molecular formula is C18H22N2O2S. The molecule has 0 amide bonds. The summed E-state index contributed by atoms with van der Waals surface area (Å²) in [7, 11) is -3.62. The van der Waals surface area contributed by atoms with Gasteiger partial charge in [-0.2, -0.15) is 13.1 Å². The monoisotopic (exact) mass is 330 g/mol. The van der Waals surface area contributed by atoms with Crippen LogP contribution in [0.3, 0.4) is 0 Å². The third kappa shape index (κ3) is 5.23. The minimum atomic E-state index is -3.62. The van der Waals surface area contributed by atoms with Crippen LogP contribution >= 0.6 is 0 Å². The average molecular weight is 330 g/mol. The highest BCUT2D eigenvalue weighted by Gasteiger charge is 2.13. The smallest absolute Gasteiger partial charge is 0.271 e. The fourth-order valence-corrected chi connectivity index (χ4v) is 3.24. The molecule has 0 bridgehead atoms. The summed E-state index contributed by atoms with van der Waals surface area (Å²) in [6, 6.07) is 15.0. The summed E-state index contributed by atoms with van der Waals surface area (Å²) in [5.74, 6) is 0. The fourth-order valence-electron chi connectivity index (χ4n) is 2.33. The van der Waals surface area contributed by atoms with Crippen LogP contribution in [0.2, 0.25) is 0 Å². The Kier molecular flexibility index (Phi) is 5.96. The van der Waals surface area contributed by atoms with Crippen molar-refractivity contribution in [2.75, 3.05) is 4.72 Å². The van der Waals surface area contributed by atoms with E-state index in [0.717, 1.165) is 29.5 Å². The van der Waals surface area contributed by atoms with Gasteiger partial charge >= 0.3 is 0 Å². The quantitative estimate of drug-likeness (QED) is 0.727. The molecule has 0 fully saturated rings. The molecule has 4 nitrogen and oxygen atoms in total. The topological polar surface area (TPSA) is 58.2 Å². The van der Waals surface area contributed by atoms with Crippen molar-refractivity contribution in [1.29, 1.82) is 0 Å². The van der Waals surface area contributed by atoms with E-state index in [2.05, 4.69) is 16.0 Å². The van der Waals surface area contributed by atoms with Gasteiger partial charge in [0.2, 0.25) is 0 Å². The molecule has 0 atom stereocenters. The van der Waals surface area contributed by atoms with Gasteiger partial charge < -0.3 is 0 Å². The molecular weight excluding hydrogens is 308 g/mol. The van der Waals surface area contributed by atoms with Crippen LogP contribution < -0.4 is 9.44 Å². The van der Waals surface area contributed by atoms with E-state index in [1.807, 2.05) is 55.5 Å². The van der Waals surface area contributed by atoms with Gasteiger partial charge in [-0.05, 0) is 42.5 Å². The van der Waals surface area contributed by atoms with Crippen molar-refractivity contribution >= 4 is 15.9 Å². The van der Waals surface area contributed by atoms with Gasteiger partial charge in [0.25, 0.3) is 10.2 Å². The molecule has 0 radical (unpaired) electrons. The second-order valence-corrected chi connectivity index (χ2v) is 6.84. The Morgan fingerprint density at radius 1 is 1.09 bits per heavy atom. The van der Waals surface area contributed by atoms with Crippen LogP contribution in [-0.2, 0) is 23.2 Å². The first-order valence-corrected chi connectivity index (χ1v) is 9.01. The molecule has 0 saturated heterocycles. The molecule has 0 heterocycles. The maximum atomic E-state index is 12.3. The van der Waals surface area contributed by atoms with E-state index in [0.29, 0.717) is 5.69 Å². The molecule has 23 heavy (non-hydrogen) atoms. The van der Waals surface area contributed by atoms with Crippen molar-refractivity contribution < 1.29 is 8.42 Å². The van der Waals surface area contributed by atoms with Gasteiger partial charge in [-0.15, -0.1) is 6.58 Å². The standard InChI is InChI=1S/C18H22N2O2S/c1-3-4-12-17-15(2)9-8-13-18(17)20-23(21,22)19-14-16-10-6-5-7-11-16/h3,5-11,13,19-20H,1,4,12,14H2,2H3. The maximum Gasteiger partial charge on any atom is 0.299 e. The van der Waals surface area contributed by atoms with Crippen LogP contribution in [-0.4, -0.2) is 8.42 Å². The van der Waals surface area contributed by atoms with Gasteiger partial charge in [-0.1, -0.05) is 48.5 Å². The average Bonchev–Trinajstić information content (AvgIpc) is 2.53. The van der Waals surface area contributed by atoms with E-state index < -0.39 is 10.2 Å².